The predicted octanol–water partition coefficient (Wildman–Crippen LogP) is -0.140. The molecule has 1 aromatic rings. The lowest BCUT2D eigenvalue weighted by Gasteiger charge is -2.22. The Bertz CT molecular complexity index is 344. The van der Waals surface area contributed by atoms with Gasteiger partial charge in [0.1, 0.15) is 0 Å². The molecule has 1 aliphatic heterocycles. The van der Waals surface area contributed by atoms with E-state index < -0.39 is 0 Å². The summed E-state index contributed by atoms with van der Waals surface area (Å²) in [5.41, 5.74) is 0. The third-order valence-corrected chi connectivity index (χ3v) is 2.36. The van der Waals surface area contributed by atoms with Gasteiger partial charge < -0.3 is 15.2 Å². The first-order valence-corrected chi connectivity index (χ1v) is 5.07. The van der Waals surface area contributed by atoms with E-state index in [4.69, 9.17) is 4.52 Å². The van der Waals surface area contributed by atoms with Crippen molar-refractivity contribution >= 4 is 5.91 Å². The van der Waals surface area contributed by atoms with E-state index in [1.54, 1.807) is 6.92 Å². The monoisotopic (exact) mass is 210 g/mol. The summed E-state index contributed by atoms with van der Waals surface area (Å²) < 4.78 is 4.74. The maximum atomic E-state index is 11.6. The quantitative estimate of drug-likeness (QED) is 0.710. The number of piperidine rings is 1. The molecule has 0 unspecified atom stereocenters. The number of aromatic nitrogens is 2. The second-order valence-corrected chi connectivity index (χ2v) is 3.65. The van der Waals surface area contributed by atoms with Gasteiger partial charge in [-0.05, 0) is 19.4 Å². The van der Waals surface area contributed by atoms with Crippen molar-refractivity contribution < 1.29 is 9.32 Å². The molecule has 1 saturated heterocycles. The van der Waals surface area contributed by atoms with Crippen molar-refractivity contribution in [2.45, 2.75) is 25.8 Å². The second-order valence-electron chi connectivity index (χ2n) is 3.65. The fourth-order valence-electron chi connectivity index (χ4n) is 1.62. The molecule has 0 aliphatic carbocycles. The molecule has 0 radical (unpaired) electrons. The standard InChI is InChI=1S/C9H14N4O2/c1-6-11-8(13-15-6)9(14)12-7-3-2-4-10-5-7/h7,10H,2-5H2,1H3,(H,12,14)/t7-/m1/s1. The minimum absolute atomic E-state index is 0.109. The normalized spacial score (nSPS) is 21.3. The first kappa shape index (κ1) is 10.1. The number of carbonyl (C=O) groups is 1. The van der Waals surface area contributed by atoms with Crippen molar-refractivity contribution in [1.82, 2.24) is 20.8 Å². The molecule has 2 N–H and O–H groups in total. The fourth-order valence-corrected chi connectivity index (χ4v) is 1.62. The zero-order chi connectivity index (χ0) is 10.7. The van der Waals surface area contributed by atoms with Crippen LogP contribution >= 0.6 is 0 Å². The van der Waals surface area contributed by atoms with Crippen LogP contribution in [0.5, 0.6) is 0 Å². The van der Waals surface area contributed by atoms with E-state index in [-0.39, 0.29) is 17.8 Å². The van der Waals surface area contributed by atoms with Gasteiger partial charge in [0.05, 0.1) is 0 Å². The molecule has 0 aromatic carbocycles. The van der Waals surface area contributed by atoms with Gasteiger partial charge in [-0.3, -0.25) is 4.79 Å². The molecular formula is C9H14N4O2. The summed E-state index contributed by atoms with van der Waals surface area (Å²) in [6.45, 7) is 3.49. The molecule has 2 heterocycles. The van der Waals surface area contributed by atoms with Crippen molar-refractivity contribution in [2.75, 3.05) is 13.1 Å². The maximum absolute atomic E-state index is 11.6. The lowest BCUT2D eigenvalue weighted by molar-refractivity contribution is 0.0917. The van der Waals surface area contributed by atoms with Gasteiger partial charge in [0, 0.05) is 19.5 Å². The molecule has 1 atom stereocenters. The van der Waals surface area contributed by atoms with Crippen LogP contribution in [-0.4, -0.2) is 35.2 Å². The summed E-state index contributed by atoms with van der Waals surface area (Å²) in [7, 11) is 0. The molecule has 1 aromatic heterocycles. The molecule has 0 spiro atoms. The Morgan fingerprint density at radius 2 is 2.53 bits per heavy atom. The summed E-state index contributed by atoms with van der Waals surface area (Å²) in [5.74, 6) is 0.251. The summed E-state index contributed by atoms with van der Waals surface area (Å²) >= 11 is 0. The minimum atomic E-state index is -0.263. The van der Waals surface area contributed by atoms with Gasteiger partial charge in [0.25, 0.3) is 11.7 Å². The van der Waals surface area contributed by atoms with Gasteiger partial charge in [0.15, 0.2) is 0 Å². The maximum Gasteiger partial charge on any atom is 0.292 e. The van der Waals surface area contributed by atoms with E-state index in [9.17, 15) is 4.79 Å². The molecule has 0 saturated carbocycles. The first-order chi connectivity index (χ1) is 7.25. The van der Waals surface area contributed by atoms with Crippen molar-refractivity contribution in [3.63, 3.8) is 0 Å². The highest BCUT2D eigenvalue weighted by Gasteiger charge is 2.19. The van der Waals surface area contributed by atoms with Crippen LogP contribution in [0, 0.1) is 6.92 Å². The van der Waals surface area contributed by atoms with Gasteiger partial charge >= 0.3 is 0 Å². The first-order valence-electron chi connectivity index (χ1n) is 5.07. The van der Waals surface area contributed by atoms with E-state index in [1.165, 1.54) is 0 Å². The van der Waals surface area contributed by atoms with Crippen molar-refractivity contribution in [3.8, 4) is 0 Å². The Morgan fingerprint density at radius 3 is 3.13 bits per heavy atom. The van der Waals surface area contributed by atoms with Crippen LogP contribution in [0.3, 0.4) is 0 Å². The SMILES string of the molecule is Cc1nc(C(=O)N[C@@H]2CCCNC2)no1. The van der Waals surface area contributed by atoms with Crippen LogP contribution in [-0.2, 0) is 0 Å². The molecule has 82 valence electrons. The lowest BCUT2D eigenvalue weighted by Crippen LogP contribution is -2.45. The lowest BCUT2D eigenvalue weighted by atomic mass is 10.1. The Balaban J connectivity index is 1.91. The van der Waals surface area contributed by atoms with E-state index in [2.05, 4.69) is 20.8 Å². The molecule has 6 heteroatoms. The number of carbonyl (C=O) groups excluding carboxylic acids is 1. The highest BCUT2D eigenvalue weighted by Crippen LogP contribution is 2.02. The average molecular weight is 210 g/mol. The number of aryl methyl sites for hydroxylation is 1. The molecule has 1 amide bonds. The van der Waals surface area contributed by atoms with Crippen molar-refractivity contribution in [2.24, 2.45) is 0 Å². The molecule has 2 rings (SSSR count). The number of hydrogen-bond donors (Lipinski definition) is 2. The van der Waals surface area contributed by atoms with E-state index in [1.807, 2.05) is 0 Å². The largest absolute Gasteiger partial charge is 0.345 e. The van der Waals surface area contributed by atoms with Gasteiger partial charge in [-0.1, -0.05) is 5.16 Å². The number of amides is 1. The number of nitrogens with one attached hydrogen (secondary N) is 2. The Labute approximate surface area is 87.4 Å². The Morgan fingerprint density at radius 1 is 1.67 bits per heavy atom. The summed E-state index contributed by atoms with van der Waals surface area (Å²) in [5, 5.41) is 9.64. The van der Waals surface area contributed by atoms with Crippen LogP contribution in [0.1, 0.15) is 29.4 Å². The third-order valence-electron chi connectivity index (χ3n) is 2.36. The van der Waals surface area contributed by atoms with E-state index in [0.29, 0.717) is 5.89 Å². The van der Waals surface area contributed by atoms with E-state index >= 15 is 0 Å². The fraction of sp³-hybridized carbons (Fsp3) is 0.667. The molecule has 0 bridgehead atoms. The summed E-state index contributed by atoms with van der Waals surface area (Å²) in [6, 6.07) is 0.171. The third kappa shape index (κ3) is 2.53. The topological polar surface area (TPSA) is 80.0 Å². The molecule has 1 fully saturated rings. The highest BCUT2D eigenvalue weighted by atomic mass is 16.5. The van der Waals surface area contributed by atoms with Crippen LogP contribution in [0.2, 0.25) is 0 Å². The molecule has 1 aliphatic rings. The molecule has 6 nitrogen and oxygen atoms in total. The van der Waals surface area contributed by atoms with Gasteiger partial charge in [0.2, 0.25) is 5.89 Å². The predicted molar refractivity (Wildman–Crippen MR) is 52.4 cm³/mol. The second kappa shape index (κ2) is 4.39. The Kier molecular flexibility index (Phi) is 2.96. The zero-order valence-electron chi connectivity index (χ0n) is 8.62. The minimum Gasteiger partial charge on any atom is -0.345 e. The zero-order valence-corrected chi connectivity index (χ0v) is 8.62. The van der Waals surface area contributed by atoms with E-state index in [0.717, 1.165) is 25.9 Å². The molecular weight excluding hydrogens is 196 g/mol. The summed E-state index contributed by atoms with van der Waals surface area (Å²) in [4.78, 5) is 15.5. The smallest absolute Gasteiger partial charge is 0.292 e. The van der Waals surface area contributed by atoms with Crippen molar-refractivity contribution in [3.05, 3.63) is 11.7 Å². The number of hydrogen-bond acceptors (Lipinski definition) is 5. The van der Waals surface area contributed by atoms with Gasteiger partial charge in [-0.15, -0.1) is 0 Å². The van der Waals surface area contributed by atoms with Crippen LogP contribution in [0.4, 0.5) is 0 Å². The number of nitrogens with zero attached hydrogens (tertiary/aromatic N) is 2. The van der Waals surface area contributed by atoms with Crippen LogP contribution in [0.25, 0.3) is 0 Å². The van der Waals surface area contributed by atoms with Crippen LogP contribution in [0.15, 0.2) is 4.52 Å². The summed E-state index contributed by atoms with van der Waals surface area (Å²) in [6.07, 6.45) is 2.08. The molecule has 15 heavy (non-hydrogen) atoms. The number of rotatable bonds is 2. The van der Waals surface area contributed by atoms with Crippen molar-refractivity contribution in [1.29, 1.82) is 0 Å². The average Bonchev–Trinajstić information content (AvgIpc) is 2.66. The Hall–Kier alpha value is -1.43. The van der Waals surface area contributed by atoms with Gasteiger partial charge in [-0.25, -0.2) is 0 Å². The highest BCUT2D eigenvalue weighted by molar-refractivity contribution is 5.90. The van der Waals surface area contributed by atoms with Crippen LogP contribution < -0.4 is 10.6 Å². The van der Waals surface area contributed by atoms with Gasteiger partial charge in [-0.2, -0.15) is 4.98 Å².